The molecule has 1 aromatic carbocycles. The van der Waals surface area contributed by atoms with E-state index in [0.717, 1.165) is 23.0 Å². The lowest BCUT2D eigenvalue weighted by Crippen LogP contribution is -2.41. The number of hydrogen-bond acceptors (Lipinski definition) is 4. The minimum Gasteiger partial charge on any atom is -0.397 e. The van der Waals surface area contributed by atoms with Crippen molar-refractivity contribution in [3.8, 4) is 0 Å². The number of nitrogens with zero attached hydrogens (tertiary/aromatic N) is 1. The molecule has 4 N–H and O–H groups in total. The average Bonchev–Trinajstić information content (AvgIpc) is 2.45. The van der Waals surface area contributed by atoms with Gasteiger partial charge in [0.05, 0.1) is 11.2 Å². The number of nitrogens with one attached hydrogen (secondary N) is 2. The molecular weight excluding hydrogens is 240 g/mol. The maximum Gasteiger partial charge on any atom is 0.220 e. The molecule has 1 aromatic heterocycles. The van der Waals surface area contributed by atoms with Crippen LogP contribution in [0.4, 0.5) is 11.4 Å². The standard InChI is InChI=1S/C14H16N4O/c15-11-4-5-12(10-2-1-7-16-14(10)11)18-9-3-6-13(19)17-8-9/h1-2,4-5,7,9,18H,3,6,8,15H2,(H,17,19). The molecule has 1 unspecified atom stereocenters. The van der Waals surface area contributed by atoms with Gasteiger partial charge in [-0.3, -0.25) is 9.78 Å². The lowest BCUT2D eigenvalue weighted by Gasteiger charge is -2.25. The molecule has 0 aliphatic carbocycles. The number of carbonyl (C=O) groups excluding carboxylic acids is 1. The smallest absolute Gasteiger partial charge is 0.220 e. The third-order valence-electron chi connectivity index (χ3n) is 3.43. The van der Waals surface area contributed by atoms with E-state index in [4.69, 9.17) is 5.73 Å². The maximum absolute atomic E-state index is 11.2. The van der Waals surface area contributed by atoms with Crippen molar-refractivity contribution in [2.45, 2.75) is 18.9 Å². The largest absolute Gasteiger partial charge is 0.397 e. The van der Waals surface area contributed by atoms with Gasteiger partial charge < -0.3 is 16.4 Å². The Labute approximate surface area is 111 Å². The highest BCUT2D eigenvalue weighted by molar-refractivity contribution is 5.98. The topological polar surface area (TPSA) is 80.0 Å². The van der Waals surface area contributed by atoms with E-state index < -0.39 is 0 Å². The minimum atomic E-state index is 0.127. The molecule has 0 radical (unpaired) electrons. The molecule has 19 heavy (non-hydrogen) atoms. The van der Waals surface area contributed by atoms with E-state index in [2.05, 4.69) is 15.6 Å². The van der Waals surface area contributed by atoms with E-state index in [1.807, 2.05) is 24.3 Å². The Bertz CT molecular complexity index is 616. The number of aromatic nitrogens is 1. The molecule has 1 amide bonds. The zero-order chi connectivity index (χ0) is 13.2. The molecule has 1 aliphatic heterocycles. The molecular formula is C14H16N4O. The average molecular weight is 256 g/mol. The highest BCUT2D eigenvalue weighted by Crippen LogP contribution is 2.27. The van der Waals surface area contributed by atoms with Crippen LogP contribution >= 0.6 is 0 Å². The van der Waals surface area contributed by atoms with E-state index in [-0.39, 0.29) is 11.9 Å². The summed E-state index contributed by atoms with van der Waals surface area (Å²) in [6, 6.07) is 7.98. The number of fused-ring (bicyclic) bond motifs is 1. The molecule has 2 aromatic rings. The van der Waals surface area contributed by atoms with Crippen LogP contribution in [0.15, 0.2) is 30.5 Å². The van der Waals surface area contributed by atoms with Gasteiger partial charge >= 0.3 is 0 Å². The lowest BCUT2D eigenvalue weighted by atomic mass is 10.1. The van der Waals surface area contributed by atoms with Crippen molar-refractivity contribution in [3.63, 3.8) is 0 Å². The Hall–Kier alpha value is -2.30. The van der Waals surface area contributed by atoms with Gasteiger partial charge in [0.2, 0.25) is 5.91 Å². The minimum absolute atomic E-state index is 0.127. The molecule has 0 spiro atoms. The summed E-state index contributed by atoms with van der Waals surface area (Å²) in [6.07, 6.45) is 3.16. The zero-order valence-corrected chi connectivity index (χ0v) is 10.5. The van der Waals surface area contributed by atoms with Crippen molar-refractivity contribution in [1.82, 2.24) is 10.3 Å². The normalized spacial score (nSPS) is 19.2. The van der Waals surface area contributed by atoms with Crippen LogP contribution < -0.4 is 16.4 Å². The molecule has 0 saturated carbocycles. The van der Waals surface area contributed by atoms with Gasteiger partial charge in [-0.1, -0.05) is 0 Å². The van der Waals surface area contributed by atoms with Gasteiger partial charge in [-0.15, -0.1) is 0 Å². The van der Waals surface area contributed by atoms with Crippen molar-refractivity contribution < 1.29 is 4.79 Å². The number of rotatable bonds is 2. The first-order valence-corrected chi connectivity index (χ1v) is 6.40. The van der Waals surface area contributed by atoms with Crippen LogP contribution in [0.1, 0.15) is 12.8 Å². The number of amides is 1. The van der Waals surface area contributed by atoms with E-state index in [1.165, 1.54) is 0 Å². The Kier molecular flexibility index (Phi) is 2.95. The number of nitrogen functional groups attached to an aromatic ring is 1. The molecule has 5 heteroatoms. The van der Waals surface area contributed by atoms with Crippen LogP contribution in [0.25, 0.3) is 10.9 Å². The van der Waals surface area contributed by atoms with Crippen LogP contribution in [0.3, 0.4) is 0 Å². The first-order valence-electron chi connectivity index (χ1n) is 6.40. The second kappa shape index (κ2) is 4.76. The number of hydrogen-bond donors (Lipinski definition) is 3. The predicted octanol–water partition coefficient (Wildman–Crippen LogP) is 1.51. The molecule has 1 fully saturated rings. The molecule has 0 bridgehead atoms. The molecule has 1 saturated heterocycles. The number of nitrogens with two attached hydrogens (primary N) is 1. The lowest BCUT2D eigenvalue weighted by molar-refractivity contribution is -0.122. The van der Waals surface area contributed by atoms with Gasteiger partial charge in [0.1, 0.15) is 0 Å². The van der Waals surface area contributed by atoms with Crippen LogP contribution in [0, 0.1) is 0 Å². The van der Waals surface area contributed by atoms with Gasteiger partial charge in [-0.05, 0) is 30.7 Å². The molecule has 1 aliphatic rings. The summed E-state index contributed by atoms with van der Waals surface area (Å²) in [6.45, 7) is 0.658. The highest BCUT2D eigenvalue weighted by atomic mass is 16.1. The van der Waals surface area contributed by atoms with Crippen LogP contribution in [0.5, 0.6) is 0 Å². The van der Waals surface area contributed by atoms with Gasteiger partial charge in [-0.25, -0.2) is 0 Å². The molecule has 5 nitrogen and oxygen atoms in total. The second-order valence-corrected chi connectivity index (χ2v) is 4.79. The van der Waals surface area contributed by atoms with Crippen LogP contribution in [-0.2, 0) is 4.79 Å². The first-order chi connectivity index (χ1) is 9.24. The molecule has 3 rings (SSSR count). The van der Waals surface area contributed by atoms with E-state index in [1.54, 1.807) is 6.20 Å². The first kappa shape index (κ1) is 11.8. The van der Waals surface area contributed by atoms with Gasteiger partial charge in [-0.2, -0.15) is 0 Å². The van der Waals surface area contributed by atoms with Crippen molar-refractivity contribution in [2.75, 3.05) is 17.6 Å². The fourth-order valence-electron chi connectivity index (χ4n) is 2.40. The third-order valence-corrected chi connectivity index (χ3v) is 3.43. The summed E-state index contributed by atoms with van der Waals surface area (Å²) in [4.78, 5) is 15.5. The number of anilines is 2. The van der Waals surface area contributed by atoms with Gasteiger partial charge in [0.25, 0.3) is 0 Å². The van der Waals surface area contributed by atoms with Crippen molar-refractivity contribution in [2.24, 2.45) is 0 Å². The quantitative estimate of drug-likeness (QED) is 0.711. The summed E-state index contributed by atoms with van der Waals surface area (Å²) in [5.74, 6) is 0.127. The monoisotopic (exact) mass is 256 g/mol. The van der Waals surface area contributed by atoms with Crippen molar-refractivity contribution in [1.29, 1.82) is 0 Å². The molecule has 2 heterocycles. The zero-order valence-electron chi connectivity index (χ0n) is 10.5. The molecule has 1 atom stereocenters. The van der Waals surface area contributed by atoms with Gasteiger partial charge in [0, 0.05) is 36.3 Å². The molecule has 98 valence electrons. The third kappa shape index (κ3) is 2.31. The van der Waals surface area contributed by atoms with E-state index in [9.17, 15) is 4.79 Å². The summed E-state index contributed by atoms with van der Waals surface area (Å²) in [7, 11) is 0. The summed E-state index contributed by atoms with van der Waals surface area (Å²) in [5, 5.41) is 7.34. The van der Waals surface area contributed by atoms with E-state index >= 15 is 0 Å². The van der Waals surface area contributed by atoms with E-state index in [0.29, 0.717) is 18.7 Å². The van der Waals surface area contributed by atoms with Crippen LogP contribution in [-0.4, -0.2) is 23.5 Å². The van der Waals surface area contributed by atoms with Crippen molar-refractivity contribution in [3.05, 3.63) is 30.5 Å². The Balaban J connectivity index is 1.89. The number of pyridine rings is 1. The number of carbonyl (C=O) groups is 1. The highest BCUT2D eigenvalue weighted by Gasteiger charge is 2.18. The summed E-state index contributed by atoms with van der Waals surface area (Å²) in [5.41, 5.74) is 8.43. The Morgan fingerprint density at radius 1 is 1.37 bits per heavy atom. The summed E-state index contributed by atoms with van der Waals surface area (Å²) >= 11 is 0. The number of piperidine rings is 1. The second-order valence-electron chi connectivity index (χ2n) is 4.79. The fourth-order valence-corrected chi connectivity index (χ4v) is 2.40. The van der Waals surface area contributed by atoms with Gasteiger partial charge in [0.15, 0.2) is 0 Å². The Morgan fingerprint density at radius 3 is 3.05 bits per heavy atom. The fraction of sp³-hybridized carbons (Fsp3) is 0.286. The van der Waals surface area contributed by atoms with Crippen molar-refractivity contribution >= 4 is 28.2 Å². The maximum atomic E-state index is 11.2. The predicted molar refractivity (Wildman–Crippen MR) is 75.8 cm³/mol. The summed E-state index contributed by atoms with van der Waals surface area (Å²) < 4.78 is 0. The Morgan fingerprint density at radius 2 is 2.26 bits per heavy atom. The SMILES string of the molecule is Nc1ccc(NC2CCC(=O)NC2)c2cccnc12. The number of benzene rings is 1. The van der Waals surface area contributed by atoms with Crippen LogP contribution in [0.2, 0.25) is 0 Å².